The van der Waals surface area contributed by atoms with E-state index in [2.05, 4.69) is 22.2 Å². The van der Waals surface area contributed by atoms with Crippen molar-refractivity contribution in [2.45, 2.75) is 58.5 Å². The lowest BCUT2D eigenvalue weighted by Crippen LogP contribution is -2.43. The van der Waals surface area contributed by atoms with Crippen LogP contribution in [0.2, 0.25) is 10.0 Å². The van der Waals surface area contributed by atoms with Gasteiger partial charge >= 0.3 is 5.97 Å². The fraction of sp³-hybridized carbons (Fsp3) is 0.385. The monoisotopic (exact) mass is 544 g/mol. The molecule has 1 aliphatic carbocycles. The molecule has 1 aromatic carbocycles. The molecule has 0 saturated heterocycles. The Bertz CT molecular complexity index is 1330. The van der Waals surface area contributed by atoms with Crippen molar-refractivity contribution >= 4 is 52.1 Å². The molecule has 1 fully saturated rings. The molecular formula is C26H26Cl2N4O3S. The van der Waals surface area contributed by atoms with E-state index in [9.17, 15) is 14.7 Å². The quantitative estimate of drug-likeness (QED) is 0.366. The number of aromatic carboxylic acids is 1. The molecule has 1 saturated carbocycles. The summed E-state index contributed by atoms with van der Waals surface area (Å²) in [7, 11) is 0. The van der Waals surface area contributed by atoms with Gasteiger partial charge in [-0.2, -0.15) is 0 Å². The first-order chi connectivity index (χ1) is 17.0. The molecule has 2 aromatic heterocycles. The number of amides is 1. The van der Waals surface area contributed by atoms with Crippen molar-refractivity contribution in [2.75, 3.05) is 4.90 Å². The number of anilines is 1. The standard InChI is InChI=1S/C26H26Cl2N4O3S/c1-26(2,3)11-10-19-15-22(23(36-19)25(34)35)32(24(33)20-9-4-16(27)14-21(20)28)18-7-5-17(6-8-18)31-13-12-29-30-31/h4,9,12-15,17-18H,5-8H2,1-3H3,(H,34,35)/t17-,18+. The largest absolute Gasteiger partial charge is 0.477 e. The third-order valence-electron chi connectivity index (χ3n) is 5.95. The average Bonchev–Trinajstić information content (AvgIpc) is 3.49. The Morgan fingerprint density at radius 2 is 1.89 bits per heavy atom. The van der Waals surface area contributed by atoms with Gasteiger partial charge in [0.15, 0.2) is 0 Å². The second-order valence-corrected chi connectivity index (χ2v) is 11.7. The van der Waals surface area contributed by atoms with Gasteiger partial charge in [-0.25, -0.2) is 9.48 Å². The van der Waals surface area contributed by atoms with Crippen molar-refractivity contribution < 1.29 is 14.7 Å². The highest BCUT2D eigenvalue weighted by atomic mass is 35.5. The summed E-state index contributed by atoms with van der Waals surface area (Å²) >= 11 is 13.5. The van der Waals surface area contributed by atoms with E-state index in [0.29, 0.717) is 28.4 Å². The van der Waals surface area contributed by atoms with Crippen LogP contribution in [0.25, 0.3) is 0 Å². The van der Waals surface area contributed by atoms with Crippen LogP contribution in [0.1, 0.15) is 77.4 Å². The van der Waals surface area contributed by atoms with Gasteiger partial charge in [-0.05, 0) is 70.7 Å². The second kappa shape index (κ2) is 10.6. The molecule has 0 spiro atoms. The SMILES string of the molecule is CC(C)(C)C#Cc1cc(N(C(=O)c2ccc(Cl)cc2Cl)[C@H]2CC[C@@H](n3ccnn3)CC2)c(C(=O)O)s1. The summed E-state index contributed by atoms with van der Waals surface area (Å²) in [5.41, 5.74) is 0.356. The van der Waals surface area contributed by atoms with Crippen molar-refractivity contribution in [2.24, 2.45) is 5.41 Å². The molecule has 10 heteroatoms. The Kier molecular flexibility index (Phi) is 7.74. The van der Waals surface area contributed by atoms with Crippen LogP contribution in [-0.2, 0) is 0 Å². The van der Waals surface area contributed by atoms with Crippen molar-refractivity contribution in [1.82, 2.24) is 15.0 Å². The molecule has 0 radical (unpaired) electrons. The fourth-order valence-corrected chi connectivity index (χ4v) is 5.61. The second-order valence-electron chi connectivity index (χ2n) is 9.77. The van der Waals surface area contributed by atoms with E-state index in [1.807, 2.05) is 31.6 Å². The minimum Gasteiger partial charge on any atom is -0.477 e. The van der Waals surface area contributed by atoms with E-state index >= 15 is 0 Å². The summed E-state index contributed by atoms with van der Waals surface area (Å²) < 4.78 is 1.84. The fourth-order valence-electron chi connectivity index (χ4n) is 4.28. The summed E-state index contributed by atoms with van der Waals surface area (Å²) in [6.45, 7) is 5.95. The Hall–Kier alpha value is -2.86. The maximum atomic E-state index is 13.9. The van der Waals surface area contributed by atoms with Crippen LogP contribution in [0.15, 0.2) is 36.7 Å². The summed E-state index contributed by atoms with van der Waals surface area (Å²) in [5.74, 6) is 4.77. The number of carbonyl (C=O) groups excluding carboxylic acids is 1. The molecular weight excluding hydrogens is 519 g/mol. The molecule has 0 bridgehead atoms. The van der Waals surface area contributed by atoms with Gasteiger partial charge in [0, 0.05) is 22.7 Å². The minimum atomic E-state index is -1.10. The highest BCUT2D eigenvalue weighted by molar-refractivity contribution is 7.15. The molecule has 3 aromatic rings. The number of carboxylic acids is 1. The number of hydrogen-bond acceptors (Lipinski definition) is 5. The van der Waals surface area contributed by atoms with Crippen LogP contribution in [0.5, 0.6) is 0 Å². The molecule has 1 aliphatic rings. The first-order valence-corrected chi connectivity index (χ1v) is 13.2. The van der Waals surface area contributed by atoms with Crippen LogP contribution < -0.4 is 4.90 Å². The maximum Gasteiger partial charge on any atom is 0.348 e. The number of benzene rings is 1. The third kappa shape index (κ3) is 5.92. The number of carbonyl (C=O) groups is 2. The normalized spacial score (nSPS) is 17.8. The summed E-state index contributed by atoms with van der Waals surface area (Å²) in [5, 5.41) is 18.7. The Morgan fingerprint density at radius 1 is 1.17 bits per heavy atom. The number of nitrogens with zero attached hydrogens (tertiary/aromatic N) is 4. The van der Waals surface area contributed by atoms with Crippen LogP contribution >= 0.6 is 34.5 Å². The van der Waals surface area contributed by atoms with Gasteiger partial charge in [0.1, 0.15) is 4.88 Å². The van der Waals surface area contributed by atoms with Crippen LogP contribution in [0.4, 0.5) is 5.69 Å². The summed E-state index contributed by atoms with van der Waals surface area (Å²) in [4.78, 5) is 28.5. The molecule has 2 heterocycles. The molecule has 1 amide bonds. The van der Waals surface area contributed by atoms with Crippen LogP contribution in [-0.4, -0.2) is 38.0 Å². The molecule has 1 N–H and O–H groups in total. The van der Waals surface area contributed by atoms with E-state index < -0.39 is 5.97 Å². The van der Waals surface area contributed by atoms with Gasteiger partial charge in [-0.1, -0.05) is 40.3 Å². The predicted molar refractivity (Wildman–Crippen MR) is 142 cm³/mol. The zero-order valence-corrected chi connectivity index (χ0v) is 22.5. The first-order valence-electron chi connectivity index (χ1n) is 11.6. The number of hydrogen-bond donors (Lipinski definition) is 1. The van der Waals surface area contributed by atoms with Gasteiger partial charge in [-0.15, -0.1) is 16.4 Å². The van der Waals surface area contributed by atoms with Crippen molar-refractivity contribution in [1.29, 1.82) is 0 Å². The first kappa shape index (κ1) is 26.2. The smallest absolute Gasteiger partial charge is 0.348 e. The van der Waals surface area contributed by atoms with E-state index in [0.717, 1.165) is 24.2 Å². The van der Waals surface area contributed by atoms with Crippen molar-refractivity contribution in [3.63, 3.8) is 0 Å². The van der Waals surface area contributed by atoms with E-state index in [1.165, 1.54) is 6.07 Å². The number of halogens is 2. The average molecular weight is 545 g/mol. The highest BCUT2D eigenvalue weighted by Crippen LogP contribution is 2.39. The van der Waals surface area contributed by atoms with Crippen molar-refractivity contribution in [3.05, 3.63) is 62.0 Å². The van der Waals surface area contributed by atoms with E-state index in [1.54, 1.807) is 29.3 Å². The van der Waals surface area contributed by atoms with Gasteiger partial charge in [-0.3, -0.25) is 4.79 Å². The van der Waals surface area contributed by atoms with Crippen molar-refractivity contribution in [3.8, 4) is 11.8 Å². The van der Waals surface area contributed by atoms with Crippen LogP contribution in [0, 0.1) is 17.3 Å². The molecule has 188 valence electrons. The zero-order chi connectivity index (χ0) is 26.0. The lowest BCUT2D eigenvalue weighted by molar-refractivity contribution is 0.0702. The Morgan fingerprint density at radius 3 is 2.47 bits per heavy atom. The number of thiophene rings is 1. The number of carboxylic acid groups (broad SMARTS) is 1. The molecule has 0 aliphatic heterocycles. The lowest BCUT2D eigenvalue weighted by Gasteiger charge is -2.37. The Labute approximate surface area is 224 Å². The summed E-state index contributed by atoms with van der Waals surface area (Å²) in [6.07, 6.45) is 6.36. The van der Waals surface area contributed by atoms with Gasteiger partial charge in [0.05, 0.1) is 33.4 Å². The topological polar surface area (TPSA) is 88.3 Å². The van der Waals surface area contributed by atoms with E-state index in [4.69, 9.17) is 23.2 Å². The van der Waals surface area contributed by atoms with Gasteiger partial charge < -0.3 is 10.0 Å². The van der Waals surface area contributed by atoms with E-state index in [-0.39, 0.29) is 38.9 Å². The minimum absolute atomic E-state index is 0.0741. The van der Waals surface area contributed by atoms with Crippen LogP contribution in [0.3, 0.4) is 0 Å². The number of rotatable bonds is 5. The zero-order valence-electron chi connectivity index (χ0n) is 20.2. The summed E-state index contributed by atoms with van der Waals surface area (Å²) in [6, 6.07) is 6.36. The molecule has 0 unspecified atom stereocenters. The molecule has 0 atom stereocenters. The van der Waals surface area contributed by atoms with Gasteiger partial charge in [0.2, 0.25) is 0 Å². The maximum absolute atomic E-state index is 13.9. The Balaban J connectivity index is 1.75. The molecule has 36 heavy (non-hydrogen) atoms. The number of aromatic nitrogens is 3. The van der Waals surface area contributed by atoms with Gasteiger partial charge in [0.25, 0.3) is 5.91 Å². The molecule has 7 nitrogen and oxygen atoms in total. The third-order valence-corrected chi connectivity index (χ3v) is 7.53. The predicted octanol–water partition coefficient (Wildman–Crippen LogP) is 6.57. The molecule has 4 rings (SSSR count). The lowest BCUT2D eigenvalue weighted by atomic mass is 9.89. The highest BCUT2D eigenvalue weighted by Gasteiger charge is 2.35.